The minimum Gasteiger partial charge on any atom is -0.378 e. The van der Waals surface area contributed by atoms with E-state index in [-0.39, 0.29) is 0 Å². The van der Waals surface area contributed by atoms with Crippen LogP contribution in [-0.4, -0.2) is 50.3 Å². The molecule has 0 amide bonds. The lowest BCUT2D eigenvalue weighted by Gasteiger charge is -2.36. The fraction of sp³-hybridized carbons (Fsp3) is 1.00. The van der Waals surface area contributed by atoms with Crippen LogP contribution in [0, 0.1) is 0 Å². The minimum atomic E-state index is 0.731. The lowest BCUT2D eigenvalue weighted by atomic mass is 10.2. The molecule has 0 unspecified atom stereocenters. The summed E-state index contributed by atoms with van der Waals surface area (Å²) in [6.45, 7) is 6.70. The highest BCUT2D eigenvalue weighted by Gasteiger charge is 2.25. The Balaban J connectivity index is 1.80. The van der Waals surface area contributed by atoms with Crippen molar-refractivity contribution in [2.45, 2.75) is 12.5 Å². The van der Waals surface area contributed by atoms with Crippen LogP contribution < -0.4 is 5.32 Å². The molecule has 2 aliphatic heterocycles. The highest BCUT2D eigenvalue weighted by molar-refractivity contribution is 4.79. The number of hydrogen-bond donors (Lipinski definition) is 1. The molecule has 64 valence electrons. The van der Waals surface area contributed by atoms with Crippen molar-refractivity contribution in [2.75, 3.05) is 39.4 Å². The molecule has 0 aromatic heterocycles. The molecule has 3 heteroatoms. The summed E-state index contributed by atoms with van der Waals surface area (Å²) in [5.41, 5.74) is 0. The standard InChI is InChI=1S/C8H16N2O/c1-2-9-3-5-10(4-1)8-6-11-7-8/h8-9H,1-7H2. The number of rotatable bonds is 1. The lowest BCUT2D eigenvalue weighted by Crippen LogP contribution is -2.50. The van der Waals surface area contributed by atoms with Gasteiger partial charge in [0, 0.05) is 13.1 Å². The van der Waals surface area contributed by atoms with E-state index in [1.165, 1.54) is 26.1 Å². The maximum atomic E-state index is 5.17. The summed E-state index contributed by atoms with van der Waals surface area (Å²) in [5, 5.41) is 3.40. The number of ether oxygens (including phenoxy) is 1. The van der Waals surface area contributed by atoms with Gasteiger partial charge in [0.2, 0.25) is 0 Å². The van der Waals surface area contributed by atoms with Crippen molar-refractivity contribution in [2.24, 2.45) is 0 Å². The molecule has 3 nitrogen and oxygen atoms in total. The van der Waals surface area contributed by atoms with Gasteiger partial charge in [-0.1, -0.05) is 0 Å². The Bertz CT molecular complexity index is 117. The first-order valence-electron chi connectivity index (χ1n) is 4.49. The van der Waals surface area contributed by atoms with Crippen LogP contribution in [0.15, 0.2) is 0 Å². The fourth-order valence-corrected chi connectivity index (χ4v) is 1.67. The Morgan fingerprint density at radius 2 is 2.09 bits per heavy atom. The molecular formula is C8H16N2O. The molecule has 0 saturated carbocycles. The Morgan fingerprint density at radius 3 is 2.82 bits per heavy atom. The third kappa shape index (κ3) is 1.72. The van der Waals surface area contributed by atoms with Crippen LogP contribution in [0.2, 0.25) is 0 Å². The molecule has 2 fully saturated rings. The van der Waals surface area contributed by atoms with Crippen LogP contribution in [0.5, 0.6) is 0 Å². The normalized spacial score (nSPS) is 29.5. The van der Waals surface area contributed by atoms with E-state index in [2.05, 4.69) is 10.2 Å². The molecule has 0 radical (unpaired) electrons. The largest absolute Gasteiger partial charge is 0.378 e. The molecule has 0 atom stereocenters. The van der Waals surface area contributed by atoms with Crippen molar-refractivity contribution >= 4 is 0 Å². The van der Waals surface area contributed by atoms with Crippen molar-refractivity contribution < 1.29 is 4.74 Å². The summed E-state index contributed by atoms with van der Waals surface area (Å²) < 4.78 is 5.17. The van der Waals surface area contributed by atoms with Crippen LogP contribution in [0.1, 0.15) is 6.42 Å². The second-order valence-corrected chi connectivity index (χ2v) is 3.33. The van der Waals surface area contributed by atoms with Crippen LogP contribution in [0.25, 0.3) is 0 Å². The van der Waals surface area contributed by atoms with Crippen LogP contribution in [-0.2, 0) is 4.74 Å². The summed E-state index contributed by atoms with van der Waals surface area (Å²) in [4.78, 5) is 2.55. The van der Waals surface area contributed by atoms with Crippen molar-refractivity contribution in [3.8, 4) is 0 Å². The van der Waals surface area contributed by atoms with Gasteiger partial charge in [0.15, 0.2) is 0 Å². The zero-order chi connectivity index (χ0) is 7.52. The van der Waals surface area contributed by atoms with Gasteiger partial charge >= 0.3 is 0 Å². The van der Waals surface area contributed by atoms with E-state index in [0.29, 0.717) is 0 Å². The van der Waals surface area contributed by atoms with E-state index in [9.17, 15) is 0 Å². The first kappa shape index (κ1) is 7.53. The van der Waals surface area contributed by atoms with E-state index in [0.717, 1.165) is 25.8 Å². The van der Waals surface area contributed by atoms with Gasteiger partial charge in [-0.15, -0.1) is 0 Å². The summed E-state index contributed by atoms with van der Waals surface area (Å²) in [6.07, 6.45) is 1.29. The predicted molar refractivity (Wildman–Crippen MR) is 43.7 cm³/mol. The number of nitrogens with one attached hydrogen (secondary N) is 1. The van der Waals surface area contributed by atoms with Crippen LogP contribution >= 0.6 is 0 Å². The maximum Gasteiger partial charge on any atom is 0.0645 e. The SMILES string of the molecule is C1CNCCN(C2COC2)C1. The molecule has 2 rings (SSSR count). The average molecular weight is 156 g/mol. The molecule has 11 heavy (non-hydrogen) atoms. The topological polar surface area (TPSA) is 24.5 Å². The minimum absolute atomic E-state index is 0.731. The molecule has 1 N–H and O–H groups in total. The summed E-state index contributed by atoms with van der Waals surface area (Å²) >= 11 is 0. The molecule has 2 aliphatic rings. The summed E-state index contributed by atoms with van der Waals surface area (Å²) in [6, 6.07) is 0.731. The van der Waals surface area contributed by atoms with Gasteiger partial charge in [-0.3, -0.25) is 4.90 Å². The third-order valence-corrected chi connectivity index (χ3v) is 2.51. The second kappa shape index (κ2) is 3.52. The second-order valence-electron chi connectivity index (χ2n) is 3.33. The Morgan fingerprint density at radius 1 is 1.18 bits per heavy atom. The maximum absolute atomic E-state index is 5.17. The van der Waals surface area contributed by atoms with Crippen molar-refractivity contribution in [1.82, 2.24) is 10.2 Å². The molecular weight excluding hydrogens is 140 g/mol. The van der Waals surface area contributed by atoms with Gasteiger partial charge in [0.05, 0.1) is 19.3 Å². The molecule has 0 bridgehead atoms. The first-order chi connectivity index (χ1) is 5.47. The van der Waals surface area contributed by atoms with Crippen molar-refractivity contribution in [3.05, 3.63) is 0 Å². The fourth-order valence-electron chi connectivity index (χ4n) is 1.67. The lowest BCUT2D eigenvalue weighted by molar-refractivity contribution is -0.0626. The Hall–Kier alpha value is -0.120. The monoisotopic (exact) mass is 156 g/mol. The average Bonchev–Trinajstić information content (AvgIpc) is 2.12. The zero-order valence-corrected chi connectivity index (χ0v) is 6.88. The molecule has 0 spiro atoms. The van der Waals surface area contributed by atoms with Gasteiger partial charge in [-0.2, -0.15) is 0 Å². The van der Waals surface area contributed by atoms with Gasteiger partial charge in [-0.05, 0) is 19.5 Å². The Kier molecular flexibility index (Phi) is 2.41. The highest BCUT2D eigenvalue weighted by atomic mass is 16.5. The predicted octanol–water partition coefficient (Wildman–Crippen LogP) is -0.319. The smallest absolute Gasteiger partial charge is 0.0645 e. The van der Waals surface area contributed by atoms with Gasteiger partial charge in [-0.25, -0.2) is 0 Å². The first-order valence-corrected chi connectivity index (χ1v) is 4.49. The van der Waals surface area contributed by atoms with Crippen LogP contribution in [0.4, 0.5) is 0 Å². The van der Waals surface area contributed by atoms with Crippen LogP contribution in [0.3, 0.4) is 0 Å². The van der Waals surface area contributed by atoms with Crippen molar-refractivity contribution in [1.29, 1.82) is 0 Å². The van der Waals surface area contributed by atoms with Gasteiger partial charge in [0.25, 0.3) is 0 Å². The van der Waals surface area contributed by atoms with E-state index in [1.807, 2.05) is 0 Å². The molecule has 0 aliphatic carbocycles. The molecule has 2 heterocycles. The molecule has 2 saturated heterocycles. The Labute approximate surface area is 67.7 Å². The van der Waals surface area contributed by atoms with E-state index in [4.69, 9.17) is 4.74 Å². The molecule has 0 aromatic rings. The van der Waals surface area contributed by atoms with Gasteiger partial charge in [0.1, 0.15) is 0 Å². The molecule has 0 aromatic carbocycles. The van der Waals surface area contributed by atoms with E-state index < -0.39 is 0 Å². The highest BCUT2D eigenvalue weighted by Crippen LogP contribution is 2.10. The summed E-state index contributed by atoms with van der Waals surface area (Å²) in [5.74, 6) is 0. The zero-order valence-electron chi connectivity index (χ0n) is 6.88. The van der Waals surface area contributed by atoms with E-state index in [1.54, 1.807) is 0 Å². The third-order valence-electron chi connectivity index (χ3n) is 2.51. The summed E-state index contributed by atoms with van der Waals surface area (Å²) in [7, 11) is 0. The number of hydrogen-bond acceptors (Lipinski definition) is 3. The van der Waals surface area contributed by atoms with Crippen molar-refractivity contribution in [3.63, 3.8) is 0 Å². The number of nitrogens with zero attached hydrogens (tertiary/aromatic N) is 1. The van der Waals surface area contributed by atoms with E-state index >= 15 is 0 Å². The van der Waals surface area contributed by atoms with Gasteiger partial charge < -0.3 is 10.1 Å². The quantitative estimate of drug-likeness (QED) is 0.563.